The highest BCUT2D eigenvalue weighted by atomic mass is 32.2. The largest absolute Gasteiger partial charge is 0.342 e. The molecule has 0 saturated carbocycles. The van der Waals surface area contributed by atoms with Crippen molar-refractivity contribution in [2.45, 2.75) is 24.5 Å². The molecule has 1 atom stereocenters. The van der Waals surface area contributed by atoms with Crippen molar-refractivity contribution in [2.75, 3.05) is 38.2 Å². The van der Waals surface area contributed by atoms with Gasteiger partial charge in [-0.3, -0.25) is 4.79 Å². The summed E-state index contributed by atoms with van der Waals surface area (Å²) < 4.78 is 24.7. The molecule has 0 bridgehead atoms. The summed E-state index contributed by atoms with van der Waals surface area (Å²) in [6, 6.07) is 4.27. The fraction of sp³-hybridized carbons (Fsp3) is 0.688. The first-order chi connectivity index (χ1) is 11.4. The molecule has 3 heterocycles. The van der Waals surface area contributed by atoms with Gasteiger partial charge in [0.1, 0.15) is 0 Å². The number of thiophene rings is 1. The average molecular weight is 389 g/mol. The van der Waals surface area contributed by atoms with E-state index in [4.69, 9.17) is 0 Å². The molecule has 1 amide bonds. The lowest BCUT2D eigenvalue weighted by atomic mass is 9.96. The lowest BCUT2D eigenvalue weighted by Crippen LogP contribution is -2.44. The molecular formula is C16H24N2O3S3. The molecule has 1 aromatic heterocycles. The Morgan fingerprint density at radius 2 is 1.92 bits per heavy atom. The topological polar surface area (TPSA) is 57.7 Å². The second-order valence-corrected chi connectivity index (χ2v) is 10.7. The number of carbonyl (C=O) groups is 1. The first-order valence-corrected chi connectivity index (χ1v) is 12.1. The van der Waals surface area contributed by atoms with Crippen LogP contribution >= 0.6 is 23.1 Å². The maximum atomic E-state index is 12.8. The van der Waals surface area contributed by atoms with Crippen molar-refractivity contribution in [2.24, 2.45) is 5.92 Å². The Morgan fingerprint density at radius 3 is 2.54 bits per heavy atom. The Labute approximate surface area is 152 Å². The quantitative estimate of drug-likeness (QED) is 0.798. The first kappa shape index (κ1) is 18.2. The van der Waals surface area contributed by atoms with E-state index in [9.17, 15) is 13.2 Å². The van der Waals surface area contributed by atoms with Gasteiger partial charge in [-0.15, -0.1) is 11.3 Å². The van der Waals surface area contributed by atoms with Gasteiger partial charge in [-0.05, 0) is 30.7 Å². The molecule has 2 aliphatic heterocycles. The van der Waals surface area contributed by atoms with Crippen LogP contribution in [0.2, 0.25) is 0 Å². The minimum Gasteiger partial charge on any atom is -0.342 e. The van der Waals surface area contributed by atoms with Crippen LogP contribution in [0.3, 0.4) is 0 Å². The maximum Gasteiger partial charge on any atom is 0.225 e. The summed E-state index contributed by atoms with van der Waals surface area (Å²) in [5.74, 6) is 1.16. The highest BCUT2D eigenvalue weighted by Crippen LogP contribution is 2.37. The summed E-state index contributed by atoms with van der Waals surface area (Å²) in [5, 5.41) is 2.61. The van der Waals surface area contributed by atoms with Crippen molar-refractivity contribution < 1.29 is 13.2 Å². The van der Waals surface area contributed by atoms with E-state index in [1.165, 1.54) is 15.4 Å². The SMILES string of the molecule is CS(=O)(=O)N1CCC(C(=O)N2CCSC(c3cccs3)CC2)CC1. The first-order valence-electron chi connectivity index (χ1n) is 8.34. The van der Waals surface area contributed by atoms with Crippen LogP contribution in [0.15, 0.2) is 17.5 Å². The van der Waals surface area contributed by atoms with Gasteiger partial charge in [0.2, 0.25) is 15.9 Å². The van der Waals surface area contributed by atoms with Gasteiger partial charge in [0.05, 0.1) is 6.26 Å². The molecule has 0 aromatic carbocycles. The van der Waals surface area contributed by atoms with Gasteiger partial charge < -0.3 is 4.90 Å². The molecule has 1 aromatic rings. The summed E-state index contributed by atoms with van der Waals surface area (Å²) in [5.41, 5.74) is 0. The number of carbonyl (C=O) groups excluding carboxylic acids is 1. The molecule has 0 spiro atoms. The predicted octanol–water partition coefficient (Wildman–Crippen LogP) is 2.43. The van der Waals surface area contributed by atoms with E-state index in [-0.39, 0.29) is 11.8 Å². The van der Waals surface area contributed by atoms with E-state index in [1.54, 1.807) is 11.3 Å². The molecule has 1 unspecified atom stereocenters. The molecule has 24 heavy (non-hydrogen) atoms. The normalized spacial score (nSPS) is 24.7. The van der Waals surface area contributed by atoms with E-state index >= 15 is 0 Å². The van der Waals surface area contributed by atoms with Crippen LogP contribution in [0.25, 0.3) is 0 Å². The molecule has 134 valence electrons. The second kappa shape index (κ2) is 7.76. The number of hydrogen-bond donors (Lipinski definition) is 0. The smallest absolute Gasteiger partial charge is 0.225 e. The summed E-state index contributed by atoms with van der Waals surface area (Å²) in [7, 11) is -3.13. The minimum absolute atomic E-state index is 0.0220. The highest BCUT2D eigenvalue weighted by molar-refractivity contribution is 7.99. The number of sulfonamides is 1. The van der Waals surface area contributed by atoms with Crippen LogP contribution in [0, 0.1) is 5.92 Å². The van der Waals surface area contributed by atoms with Crippen LogP contribution in [0.4, 0.5) is 0 Å². The van der Waals surface area contributed by atoms with E-state index in [0.29, 0.717) is 31.2 Å². The summed E-state index contributed by atoms with van der Waals surface area (Å²) in [6.45, 7) is 2.55. The van der Waals surface area contributed by atoms with E-state index in [1.807, 2.05) is 16.7 Å². The van der Waals surface area contributed by atoms with Gasteiger partial charge in [0.25, 0.3) is 0 Å². The summed E-state index contributed by atoms with van der Waals surface area (Å²) >= 11 is 3.73. The van der Waals surface area contributed by atoms with Crippen molar-refractivity contribution in [3.63, 3.8) is 0 Å². The number of hydrogen-bond acceptors (Lipinski definition) is 5. The number of nitrogens with zero attached hydrogens (tertiary/aromatic N) is 2. The lowest BCUT2D eigenvalue weighted by Gasteiger charge is -2.32. The maximum absolute atomic E-state index is 12.8. The molecule has 2 aliphatic rings. The lowest BCUT2D eigenvalue weighted by molar-refractivity contribution is -0.136. The summed E-state index contributed by atoms with van der Waals surface area (Å²) in [6.07, 6.45) is 3.53. The van der Waals surface area contributed by atoms with Crippen LogP contribution in [-0.4, -0.2) is 61.7 Å². The summed E-state index contributed by atoms with van der Waals surface area (Å²) in [4.78, 5) is 16.2. The Balaban J connectivity index is 1.54. The van der Waals surface area contributed by atoms with Crippen molar-refractivity contribution in [3.05, 3.63) is 22.4 Å². The van der Waals surface area contributed by atoms with Gasteiger partial charge in [-0.1, -0.05) is 6.07 Å². The van der Waals surface area contributed by atoms with Crippen LogP contribution in [0.1, 0.15) is 29.4 Å². The number of rotatable bonds is 3. The Morgan fingerprint density at radius 1 is 1.17 bits per heavy atom. The zero-order valence-electron chi connectivity index (χ0n) is 13.9. The Kier molecular flexibility index (Phi) is 5.89. The monoisotopic (exact) mass is 388 g/mol. The number of piperidine rings is 1. The molecule has 0 N–H and O–H groups in total. The van der Waals surface area contributed by atoms with E-state index in [0.717, 1.165) is 25.3 Å². The molecule has 3 rings (SSSR count). The zero-order chi connectivity index (χ0) is 17.2. The number of amides is 1. The predicted molar refractivity (Wildman–Crippen MR) is 99.9 cm³/mol. The van der Waals surface area contributed by atoms with E-state index in [2.05, 4.69) is 17.5 Å². The Bertz CT molecular complexity index is 652. The van der Waals surface area contributed by atoms with Gasteiger partial charge in [-0.2, -0.15) is 11.8 Å². The average Bonchev–Trinajstić information content (AvgIpc) is 2.98. The van der Waals surface area contributed by atoms with Crippen molar-refractivity contribution in [1.82, 2.24) is 9.21 Å². The van der Waals surface area contributed by atoms with Crippen molar-refractivity contribution in [1.29, 1.82) is 0 Å². The van der Waals surface area contributed by atoms with Gasteiger partial charge >= 0.3 is 0 Å². The molecule has 5 nitrogen and oxygen atoms in total. The van der Waals surface area contributed by atoms with Gasteiger partial charge in [-0.25, -0.2) is 12.7 Å². The fourth-order valence-electron chi connectivity index (χ4n) is 3.39. The molecule has 0 aliphatic carbocycles. The van der Waals surface area contributed by atoms with Gasteiger partial charge in [0, 0.05) is 48.0 Å². The number of thioether (sulfide) groups is 1. The standard InChI is InChI=1S/C16H24N2O3S3/c1-24(20,21)18-8-4-13(5-9-18)16(19)17-7-6-15(23-12-10-17)14-3-2-11-22-14/h2-3,11,13,15H,4-10,12H2,1H3. The second-order valence-electron chi connectivity index (χ2n) is 6.43. The van der Waals surface area contributed by atoms with Crippen molar-refractivity contribution >= 4 is 39.0 Å². The molecule has 0 radical (unpaired) electrons. The third-order valence-corrected chi connectivity index (χ3v) is 8.53. The molecule has 2 fully saturated rings. The molecule has 8 heteroatoms. The van der Waals surface area contributed by atoms with Crippen LogP contribution in [0.5, 0.6) is 0 Å². The fourth-order valence-corrected chi connectivity index (χ4v) is 6.50. The third-order valence-electron chi connectivity index (χ3n) is 4.79. The minimum atomic E-state index is -3.13. The molecular weight excluding hydrogens is 364 g/mol. The highest BCUT2D eigenvalue weighted by Gasteiger charge is 2.32. The van der Waals surface area contributed by atoms with E-state index < -0.39 is 10.0 Å². The Hall–Kier alpha value is -0.570. The third kappa shape index (κ3) is 4.33. The van der Waals surface area contributed by atoms with Crippen LogP contribution in [-0.2, 0) is 14.8 Å². The van der Waals surface area contributed by atoms with Crippen molar-refractivity contribution in [3.8, 4) is 0 Å². The molecule has 2 saturated heterocycles. The van der Waals surface area contributed by atoms with Crippen LogP contribution < -0.4 is 0 Å². The van der Waals surface area contributed by atoms with Gasteiger partial charge in [0.15, 0.2) is 0 Å². The zero-order valence-corrected chi connectivity index (χ0v) is 16.3.